The third-order valence-corrected chi connectivity index (χ3v) is 6.50. The first kappa shape index (κ1) is 14.6. The van der Waals surface area contributed by atoms with Gasteiger partial charge in [-0.1, -0.05) is 12.8 Å². The number of carbonyl (C=O) groups excluding carboxylic acids is 1. The average molecular weight is 319 g/mol. The van der Waals surface area contributed by atoms with Crippen molar-refractivity contribution >= 4 is 17.2 Å². The summed E-state index contributed by atoms with van der Waals surface area (Å²) < 4.78 is 0. The van der Waals surface area contributed by atoms with Gasteiger partial charge in [-0.25, -0.2) is 4.98 Å². The summed E-state index contributed by atoms with van der Waals surface area (Å²) in [5.41, 5.74) is 1.18. The van der Waals surface area contributed by atoms with Crippen LogP contribution in [0.2, 0.25) is 0 Å². The minimum absolute atomic E-state index is 0.384. The lowest BCUT2D eigenvalue weighted by Crippen LogP contribution is -2.49. The Morgan fingerprint density at radius 2 is 1.91 bits per heavy atom. The van der Waals surface area contributed by atoms with Gasteiger partial charge in [-0.15, -0.1) is 11.3 Å². The molecule has 0 spiro atoms. The molecular weight excluding hydrogens is 294 g/mol. The molecule has 1 aromatic rings. The molecule has 2 atom stereocenters. The molecule has 120 valence electrons. The zero-order chi connectivity index (χ0) is 15.1. The van der Waals surface area contributed by atoms with E-state index in [0.717, 1.165) is 49.6 Å². The fourth-order valence-corrected chi connectivity index (χ4v) is 5.01. The molecule has 5 heteroatoms. The molecule has 3 fully saturated rings. The monoisotopic (exact) mass is 319 g/mol. The summed E-state index contributed by atoms with van der Waals surface area (Å²) in [5, 5.41) is 3.29. The highest BCUT2D eigenvalue weighted by Gasteiger charge is 2.55. The van der Waals surface area contributed by atoms with Gasteiger partial charge in [-0.3, -0.25) is 9.69 Å². The fourth-order valence-electron chi connectivity index (χ4n) is 4.41. The minimum atomic E-state index is 0.384. The van der Waals surface area contributed by atoms with Crippen LogP contribution >= 0.6 is 11.3 Å². The molecule has 1 saturated heterocycles. The van der Waals surface area contributed by atoms with E-state index < -0.39 is 0 Å². The molecule has 1 aliphatic heterocycles. The van der Waals surface area contributed by atoms with Crippen molar-refractivity contribution in [3.63, 3.8) is 0 Å². The summed E-state index contributed by atoms with van der Waals surface area (Å²) in [4.78, 5) is 21.8. The first-order valence-corrected chi connectivity index (χ1v) is 9.52. The molecule has 4 nitrogen and oxygen atoms in total. The zero-order valence-corrected chi connectivity index (χ0v) is 14.1. The molecule has 1 amide bonds. The van der Waals surface area contributed by atoms with Gasteiger partial charge in [0.15, 0.2) is 0 Å². The molecule has 3 aliphatic rings. The van der Waals surface area contributed by atoms with E-state index in [4.69, 9.17) is 0 Å². The Morgan fingerprint density at radius 1 is 1.23 bits per heavy atom. The lowest BCUT2D eigenvalue weighted by molar-refractivity contribution is -0.135. The van der Waals surface area contributed by atoms with Gasteiger partial charge in [-0.2, -0.15) is 0 Å². The van der Waals surface area contributed by atoms with E-state index >= 15 is 0 Å². The van der Waals surface area contributed by atoms with Crippen molar-refractivity contribution < 1.29 is 4.79 Å². The Kier molecular flexibility index (Phi) is 3.95. The van der Waals surface area contributed by atoms with Gasteiger partial charge in [0.1, 0.15) is 0 Å². The zero-order valence-electron chi connectivity index (χ0n) is 13.3. The Labute approximate surface area is 136 Å². The number of piperazine rings is 1. The molecule has 2 saturated carbocycles. The lowest BCUT2D eigenvalue weighted by Gasteiger charge is -2.34. The van der Waals surface area contributed by atoms with Gasteiger partial charge in [0, 0.05) is 44.0 Å². The van der Waals surface area contributed by atoms with Crippen molar-refractivity contribution in [3.8, 4) is 0 Å². The van der Waals surface area contributed by atoms with E-state index in [1.165, 1.54) is 31.4 Å². The summed E-state index contributed by atoms with van der Waals surface area (Å²) in [5.74, 6) is 2.31. The number of rotatable bonds is 3. The van der Waals surface area contributed by atoms with Crippen LogP contribution in [0, 0.1) is 24.7 Å². The van der Waals surface area contributed by atoms with Gasteiger partial charge < -0.3 is 4.90 Å². The van der Waals surface area contributed by atoms with Crippen molar-refractivity contribution in [3.05, 3.63) is 16.1 Å². The van der Waals surface area contributed by atoms with Crippen LogP contribution < -0.4 is 0 Å². The number of fused-ring (bicyclic) bond motifs is 1. The van der Waals surface area contributed by atoms with Crippen molar-refractivity contribution in [2.45, 2.75) is 39.2 Å². The Hall–Kier alpha value is -0.940. The smallest absolute Gasteiger partial charge is 0.226 e. The Balaban J connectivity index is 1.28. The predicted molar refractivity (Wildman–Crippen MR) is 87.6 cm³/mol. The maximum atomic E-state index is 12.7. The van der Waals surface area contributed by atoms with E-state index in [-0.39, 0.29) is 0 Å². The van der Waals surface area contributed by atoms with Gasteiger partial charge in [0.2, 0.25) is 5.91 Å². The summed E-state index contributed by atoms with van der Waals surface area (Å²) >= 11 is 1.72. The van der Waals surface area contributed by atoms with Crippen LogP contribution in [-0.4, -0.2) is 46.9 Å². The quantitative estimate of drug-likeness (QED) is 0.859. The molecule has 2 heterocycles. The number of nitrogens with zero attached hydrogens (tertiary/aromatic N) is 3. The molecular formula is C17H25N3OS. The van der Waals surface area contributed by atoms with Crippen molar-refractivity contribution in [2.24, 2.45) is 17.8 Å². The molecule has 0 N–H and O–H groups in total. The van der Waals surface area contributed by atoms with E-state index in [1.54, 1.807) is 11.3 Å². The van der Waals surface area contributed by atoms with Gasteiger partial charge in [0.25, 0.3) is 0 Å². The maximum Gasteiger partial charge on any atom is 0.226 e. The number of hydrogen-bond acceptors (Lipinski definition) is 4. The molecule has 4 rings (SSSR count). The average Bonchev–Trinajstić information content (AvgIpc) is 3.14. The molecule has 22 heavy (non-hydrogen) atoms. The fraction of sp³-hybridized carbons (Fsp3) is 0.765. The van der Waals surface area contributed by atoms with Crippen LogP contribution in [0.5, 0.6) is 0 Å². The van der Waals surface area contributed by atoms with Crippen LogP contribution in [0.3, 0.4) is 0 Å². The highest BCUT2D eigenvalue weighted by Crippen LogP contribution is 2.56. The standard InChI is InChI=1S/C17H25N3OS/c1-12-18-13(11-22-12)10-19-6-8-20(9-7-19)17(21)16-14-4-2-3-5-15(14)16/h11,14-16H,2-10H2,1H3/t14-,15-/m1/s1. The van der Waals surface area contributed by atoms with Crippen molar-refractivity contribution in [1.82, 2.24) is 14.8 Å². The molecule has 1 aromatic heterocycles. The minimum Gasteiger partial charge on any atom is -0.340 e. The Morgan fingerprint density at radius 3 is 2.50 bits per heavy atom. The second kappa shape index (κ2) is 5.93. The first-order chi connectivity index (χ1) is 10.7. The van der Waals surface area contributed by atoms with Crippen LogP contribution in [0.25, 0.3) is 0 Å². The highest BCUT2D eigenvalue weighted by molar-refractivity contribution is 7.09. The summed E-state index contributed by atoms with van der Waals surface area (Å²) in [6.45, 7) is 6.77. The second-order valence-electron chi connectivity index (χ2n) is 7.10. The summed E-state index contributed by atoms with van der Waals surface area (Å²) in [6.07, 6.45) is 5.27. The number of hydrogen-bond donors (Lipinski definition) is 0. The topological polar surface area (TPSA) is 36.4 Å². The Bertz CT molecular complexity index is 538. The third kappa shape index (κ3) is 2.81. The molecule has 0 unspecified atom stereocenters. The normalized spacial score (nSPS) is 31.9. The van der Waals surface area contributed by atoms with Crippen molar-refractivity contribution in [2.75, 3.05) is 26.2 Å². The van der Waals surface area contributed by atoms with E-state index in [2.05, 4.69) is 27.1 Å². The van der Waals surface area contributed by atoms with Crippen LogP contribution in [0.15, 0.2) is 5.38 Å². The van der Waals surface area contributed by atoms with E-state index in [1.807, 2.05) is 0 Å². The van der Waals surface area contributed by atoms with E-state index in [9.17, 15) is 4.79 Å². The van der Waals surface area contributed by atoms with Crippen LogP contribution in [0.4, 0.5) is 0 Å². The maximum absolute atomic E-state index is 12.7. The summed E-state index contributed by atoms with van der Waals surface area (Å²) in [6, 6.07) is 0. The predicted octanol–water partition coefficient (Wildman–Crippen LogP) is 2.53. The third-order valence-electron chi connectivity index (χ3n) is 5.68. The van der Waals surface area contributed by atoms with Crippen LogP contribution in [0.1, 0.15) is 36.4 Å². The van der Waals surface area contributed by atoms with Crippen molar-refractivity contribution in [1.29, 1.82) is 0 Å². The van der Waals surface area contributed by atoms with Gasteiger partial charge in [-0.05, 0) is 31.6 Å². The number of aryl methyl sites for hydroxylation is 1. The summed E-state index contributed by atoms with van der Waals surface area (Å²) in [7, 11) is 0. The highest BCUT2D eigenvalue weighted by atomic mass is 32.1. The van der Waals surface area contributed by atoms with E-state index in [0.29, 0.717) is 11.8 Å². The molecule has 2 aliphatic carbocycles. The van der Waals surface area contributed by atoms with Crippen LogP contribution in [-0.2, 0) is 11.3 Å². The van der Waals surface area contributed by atoms with Gasteiger partial charge in [0.05, 0.1) is 10.7 Å². The number of carbonyl (C=O) groups is 1. The molecule has 0 aromatic carbocycles. The largest absolute Gasteiger partial charge is 0.340 e. The molecule has 0 radical (unpaired) electrons. The second-order valence-corrected chi connectivity index (χ2v) is 8.16. The number of aromatic nitrogens is 1. The van der Waals surface area contributed by atoms with Gasteiger partial charge >= 0.3 is 0 Å². The first-order valence-electron chi connectivity index (χ1n) is 8.64. The lowest BCUT2D eigenvalue weighted by atomic mass is 10.0. The SMILES string of the molecule is Cc1nc(CN2CCN(C(=O)C3[C@@H]4CCCC[C@@H]34)CC2)cs1. The molecule has 0 bridgehead atoms. The number of amides is 1. The number of thiazole rings is 1.